The van der Waals surface area contributed by atoms with Crippen LogP contribution in [0.25, 0.3) is 0 Å². The summed E-state index contributed by atoms with van der Waals surface area (Å²) in [5, 5.41) is 35.5. The van der Waals surface area contributed by atoms with Gasteiger partial charge in [0.15, 0.2) is 29.6 Å². The molecule has 0 radical (unpaired) electrons. The number of hydrogen-bond acceptors (Lipinski definition) is 11. The van der Waals surface area contributed by atoms with Crippen LogP contribution in [0.4, 0.5) is 4.79 Å². The SMILES string of the molecule is COc1ccc([C@H](Cc2c(Cl)c[n+]([O-])cc2Cl)C2(COc3cccc([C@@H](NC(=O)O[C@H]4CN5CCC4CC5)c4ccccc4)c3)NC(C(=O)O)=CO2)cc1OC.O=CO. The van der Waals surface area contributed by atoms with Gasteiger partial charge in [0, 0.05) is 12.1 Å². The lowest BCUT2D eigenvalue weighted by molar-refractivity contribution is -0.605. The summed E-state index contributed by atoms with van der Waals surface area (Å²) in [6, 6.07) is 21.5. The molecule has 1 amide bonds. The van der Waals surface area contributed by atoms with Gasteiger partial charge in [-0.3, -0.25) is 9.69 Å². The third-order valence-corrected chi connectivity index (χ3v) is 11.3. The van der Waals surface area contributed by atoms with Crippen LogP contribution in [0.5, 0.6) is 17.2 Å². The van der Waals surface area contributed by atoms with E-state index in [1.165, 1.54) is 26.6 Å². The molecule has 0 aliphatic carbocycles. The van der Waals surface area contributed by atoms with Crippen molar-refractivity contribution in [1.29, 1.82) is 0 Å². The number of aromatic nitrogens is 1. The average molecular weight is 852 g/mol. The van der Waals surface area contributed by atoms with E-state index in [0.29, 0.717) is 39.0 Å². The van der Waals surface area contributed by atoms with E-state index in [0.717, 1.165) is 49.9 Å². The average Bonchev–Trinajstić information content (AvgIpc) is 3.68. The van der Waals surface area contributed by atoms with Crippen molar-refractivity contribution in [3.63, 3.8) is 0 Å². The molecule has 3 saturated heterocycles. The third-order valence-electron chi connectivity index (χ3n) is 10.7. The van der Waals surface area contributed by atoms with Crippen LogP contribution in [0.3, 0.4) is 0 Å². The Morgan fingerprint density at radius 3 is 2.29 bits per heavy atom. The quantitative estimate of drug-likeness (QED) is 0.0667. The lowest BCUT2D eigenvalue weighted by atomic mass is 9.83. The van der Waals surface area contributed by atoms with Gasteiger partial charge in [0.2, 0.25) is 5.72 Å². The molecule has 1 unspecified atom stereocenters. The summed E-state index contributed by atoms with van der Waals surface area (Å²) in [6.07, 6.45) is 4.95. The van der Waals surface area contributed by atoms with Crippen LogP contribution in [-0.2, 0) is 25.5 Å². The fourth-order valence-corrected chi connectivity index (χ4v) is 8.36. The molecule has 4 aliphatic rings. The van der Waals surface area contributed by atoms with Crippen LogP contribution in [0.2, 0.25) is 10.0 Å². The number of halogens is 2. The van der Waals surface area contributed by atoms with E-state index in [1.54, 1.807) is 24.3 Å². The van der Waals surface area contributed by atoms with Crippen LogP contribution in [0.1, 0.15) is 47.1 Å². The highest BCUT2D eigenvalue weighted by Gasteiger charge is 2.48. The minimum Gasteiger partial charge on any atom is -0.619 e. The smallest absolute Gasteiger partial charge is 0.408 e. The highest BCUT2D eigenvalue weighted by molar-refractivity contribution is 6.35. The summed E-state index contributed by atoms with van der Waals surface area (Å²) in [4.78, 5) is 36.4. The monoisotopic (exact) mass is 850 g/mol. The molecule has 4 aliphatic heterocycles. The topological polar surface area (TPSA) is 192 Å². The van der Waals surface area contributed by atoms with Gasteiger partial charge in [0.05, 0.1) is 26.2 Å². The first kappa shape index (κ1) is 42.7. The number of methoxy groups -OCH3 is 2. The standard InChI is InChI=1S/C41H42Cl2N4O9.CH2O2/c1-52-35-12-11-27(18-36(35)53-2)31(19-30-32(42)20-47(51)21-33(30)43)41(45-34(23-55-41)39(48)49)24-54-29-10-6-9-28(17-29)38(26-7-4-3-5-8-26)44-40(50)56-37-22-46-15-13-25(37)14-16-46;2-1-3/h3-12,17-18,20-21,23,25,31,37-38,45H,13-16,19,22,24H2,1-2H3,(H,44,50)(H,48,49);1H,(H,2,3)/t31-,37-,38-,41?;/m0./s1. The molecule has 8 rings (SSSR count). The number of benzene rings is 3. The number of amides is 1. The molecule has 4 aromatic rings. The number of carbonyl (C=O) groups excluding carboxylic acids is 1. The molecular formula is C42H44Cl2N4O11. The normalized spacial score (nSPS) is 21.2. The maximum absolute atomic E-state index is 13.5. The van der Waals surface area contributed by atoms with Gasteiger partial charge in [-0.2, -0.15) is 4.73 Å². The molecular weight excluding hydrogens is 807 g/mol. The van der Waals surface area contributed by atoms with Crippen LogP contribution in [0.15, 0.2) is 97.1 Å². The Hall–Kier alpha value is -5.90. The van der Waals surface area contributed by atoms with E-state index in [4.69, 9.17) is 56.8 Å². The van der Waals surface area contributed by atoms with Crippen LogP contribution < -0.4 is 29.6 Å². The number of nitrogens with zero attached hydrogens (tertiary/aromatic N) is 2. The summed E-state index contributed by atoms with van der Waals surface area (Å²) in [5.41, 5.74) is 0.864. The van der Waals surface area contributed by atoms with Crippen molar-refractivity contribution in [2.24, 2.45) is 5.92 Å². The fourth-order valence-electron chi connectivity index (χ4n) is 7.76. The van der Waals surface area contributed by atoms with E-state index < -0.39 is 29.7 Å². The van der Waals surface area contributed by atoms with Gasteiger partial charge in [-0.05, 0) is 79.2 Å². The van der Waals surface area contributed by atoms with E-state index >= 15 is 0 Å². The van der Waals surface area contributed by atoms with Crippen molar-refractivity contribution in [3.8, 4) is 17.2 Å². The number of piperidine rings is 3. The van der Waals surface area contributed by atoms with Crippen molar-refractivity contribution < 1.29 is 53.0 Å². The Morgan fingerprint density at radius 1 is 1.00 bits per heavy atom. The Bertz CT molecular complexity index is 2130. The van der Waals surface area contributed by atoms with Gasteiger partial charge in [0.1, 0.15) is 34.8 Å². The zero-order valence-corrected chi connectivity index (χ0v) is 33.7. The molecule has 4 N–H and O–H groups in total. The lowest BCUT2D eigenvalue weighted by Crippen LogP contribution is -2.53. The van der Waals surface area contributed by atoms with E-state index in [9.17, 15) is 19.9 Å². The molecule has 4 atom stereocenters. The van der Waals surface area contributed by atoms with Gasteiger partial charge < -0.3 is 49.7 Å². The molecule has 17 heteroatoms. The molecule has 312 valence electrons. The van der Waals surface area contributed by atoms with Crippen molar-refractivity contribution in [2.75, 3.05) is 40.5 Å². The number of ether oxygens (including phenoxy) is 5. The molecule has 2 bridgehead atoms. The number of hydrogen-bond donors (Lipinski definition) is 4. The van der Waals surface area contributed by atoms with Gasteiger partial charge in [-0.15, -0.1) is 0 Å². The van der Waals surface area contributed by atoms with Crippen LogP contribution in [0, 0.1) is 11.1 Å². The largest absolute Gasteiger partial charge is 0.619 e. The van der Waals surface area contributed by atoms with Crippen LogP contribution >= 0.6 is 23.2 Å². The summed E-state index contributed by atoms with van der Waals surface area (Å²) >= 11 is 13.2. The molecule has 15 nitrogen and oxygen atoms in total. The highest BCUT2D eigenvalue weighted by atomic mass is 35.5. The summed E-state index contributed by atoms with van der Waals surface area (Å²) in [5.74, 6) is -0.344. The number of rotatable bonds is 14. The van der Waals surface area contributed by atoms with Gasteiger partial charge >= 0.3 is 12.1 Å². The number of nitrogens with one attached hydrogen (secondary N) is 2. The molecule has 59 heavy (non-hydrogen) atoms. The second-order valence-electron chi connectivity index (χ2n) is 14.2. The van der Waals surface area contributed by atoms with Gasteiger partial charge in [0.25, 0.3) is 6.47 Å². The summed E-state index contributed by atoms with van der Waals surface area (Å²) in [7, 11) is 3.02. The van der Waals surface area contributed by atoms with E-state index in [1.807, 2.05) is 48.5 Å². The third kappa shape index (κ3) is 10.0. The Kier molecular flexibility index (Phi) is 13.9. The van der Waals surface area contributed by atoms with E-state index in [-0.39, 0.29) is 41.3 Å². The molecule has 5 heterocycles. The maximum Gasteiger partial charge on any atom is 0.408 e. The lowest BCUT2D eigenvalue weighted by Gasteiger charge is -2.43. The Balaban J connectivity index is 0.00000189. The fraction of sp³-hybridized carbons (Fsp3) is 0.333. The van der Waals surface area contributed by atoms with Gasteiger partial charge in [-0.25, -0.2) is 9.59 Å². The van der Waals surface area contributed by atoms with Crippen molar-refractivity contribution in [3.05, 3.63) is 135 Å². The molecule has 1 aromatic heterocycles. The zero-order chi connectivity index (χ0) is 42.1. The molecule has 3 fully saturated rings. The second-order valence-corrected chi connectivity index (χ2v) is 15.0. The number of carbonyl (C=O) groups is 3. The first-order chi connectivity index (χ1) is 28.5. The minimum atomic E-state index is -1.56. The zero-order valence-electron chi connectivity index (χ0n) is 32.2. The molecule has 3 aromatic carbocycles. The number of fused-ring (bicyclic) bond motifs is 3. The van der Waals surface area contributed by atoms with Crippen molar-refractivity contribution >= 4 is 41.7 Å². The van der Waals surface area contributed by atoms with Crippen molar-refractivity contribution in [2.45, 2.75) is 43.1 Å². The first-order valence-electron chi connectivity index (χ1n) is 18.7. The van der Waals surface area contributed by atoms with Gasteiger partial charge in [-0.1, -0.05) is 71.7 Å². The number of carboxylic acid groups (broad SMARTS) is 2. The predicted octanol–water partition coefficient (Wildman–Crippen LogP) is 5.90. The number of pyridine rings is 1. The second kappa shape index (κ2) is 19.2. The minimum absolute atomic E-state index is 0.0762. The first-order valence-corrected chi connectivity index (χ1v) is 19.5. The van der Waals surface area contributed by atoms with E-state index in [2.05, 4.69) is 15.5 Å². The summed E-state index contributed by atoms with van der Waals surface area (Å²) < 4.78 is 30.4. The van der Waals surface area contributed by atoms with Crippen LogP contribution in [-0.4, -0.2) is 85.9 Å². The number of alkyl carbamates (subject to hydrolysis) is 1. The Morgan fingerprint density at radius 2 is 1.68 bits per heavy atom. The predicted molar refractivity (Wildman–Crippen MR) is 216 cm³/mol. The highest BCUT2D eigenvalue weighted by Crippen LogP contribution is 2.42. The Labute approximate surface area is 350 Å². The summed E-state index contributed by atoms with van der Waals surface area (Å²) in [6.45, 7) is 2.33. The molecule has 0 saturated carbocycles. The maximum atomic E-state index is 13.5. The number of aliphatic carboxylic acids is 1. The molecule has 0 spiro atoms. The number of carboxylic acids is 1. The van der Waals surface area contributed by atoms with Crippen molar-refractivity contribution in [1.82, 2.24) is 15.5 Å².